The van der Waals surface area contributed by atoms with Crippen LogP contribution in [0.3, 0.4) is 0 Å². The van der Waals surface area contributed by atoms with Gasteiger partial charge in [0, 0.05) is 12.6 Å². The fourth-order valence-corrected chi connectivity index (χ4v) is 3.86. The molecule has 2 unspecified atom stereocenters. The maximum Gasteiger partial charge on any atom is 0.276 e. The van der Waals surface area contributed by atoms with Crippen molar-refractivity contribution in [2.75, 3.05) is 19.6 Å². The van der Waals surface area contributed by atoms with Crippen LogP contribution < -0.4 is 5.32 Å². The summed E-state index contributed by atoms with van der Waals surface area (Å²) in [6, 6.07) is 0.723. The number of aromatic nitrogens is 3. The Balaban J connectivity index is 1.80. The van der Waals surface area contributed by atoms with Gasteiger partial charge in [-0.25, -0.2) is 4.68 Å². The number of carbonyl (C=O) groups is 1. The van der Waals surface area contributed by atoms with E-state index in [-0.39, 0.29) is 5.91 Å². The molecule has 1 amide bonds. The number of hydrogen-bond acceptors (Lipinski definition) is 4. The van der Waals surface area contributed by atoms with Gasteiger partial charge >= 0.3 is 0 Å². The molecule has 3 rings (SSSR count). The molecule has 2 fully saturated rings. The van der Waals surface area contributed by atoms with Gasteiger partial charge in [0.05, 0.1) is 11.7 Å². The van der Waals surface area contributed by atoms with E-state index < -0.39 is 0 Å². The normalized spacial score (nSPS) is 26.6. The van der Waals surface area contributed by atoms with Crippen LogP contribution in [0, 0.1) is 12.8 Å². The molecule has 0 spiro atoms. The molecule has 0 saturated carbocycles. The van der Waals surface area contributed by atoms with E-state index >= 15 is 0 Å². The summed E-state index contributed by atoms with van der Waals surface area (Å²) in [6.45, 7) is 9.21. The van der Waals surface area contributed by atoms with Crippen LogP contribution in [0.15, 0.2) is 0 Å². The average Bonchev–Trinajstić information content (AvgIpc) is 3.10. The summed E-state index contributed by atoms with van der Waals surface area (Å²) < 4.78 is 1.97. The molecule has 3 heterocycles. The summed E-state index contributed by atoms with van der Waals surface area (Å²) in [6.07, 6.45) is 4.22. The van der Waals surface area contributed by atoms with Gasteiger partial charge < -0.3 is 10.2 Å². The number of piperidine rings is 1. The van der Waals surface area contributed by atoms with E-state index in [0.717, 1.165) is 51.0 Å². The van der Waals surface area contributed by atoms with Crippen LogP contribution in [-0.4, -0.2) is 51.5 Å². The molecule has 0 bridgehead atoms. The zero-order valence-corrected chi connectivity index (χ0v) is 13.9. The first-order chi connectivity index (χ1) is 10.6. The van der Waals surface area contributed by atoms with Crippen molar-refractivity contribution in [1.82, 2.24) is 25.2 Å². The molecule has 1 aromatic rings. The highest BCUT2D eigenvalue weighted by atomic mass is 16.2. The topological polar surface area (TPSA) is 63.1 Å². The lowest BCUT2D eigenvalue weighted by molar-refractivity contribution is 0.0723. The van der Waals surface area contributed by atoms with E-state index in [1.54, 1.807) is 0 Å². The Morgan fingerprint density at radius 2 is 2.09 bits per heavy atom. The molecule has 2 aliphatic heterocycles. The number of amides is 1. The predicted octanol–water partition coefficient (Wildman–Crippen LogP) is 1.77. The first-order valence-electron chi connectivity index (χ1n) is 8.55. The lowest BCUT2D eigenvalue weighted by atomic mass is 10.1. The number of hydrogen-bond donors (Lipinski definition) is 1. The van der Waals surface area contributed by atoms with Gasteiger partial charge in [-0.1, -0.05) is 19.1 Å². The van der Waals surface area contributed by atoms with E-state index in [1.165, 1.54) is 0 Å². The Bertz CT molecular complexity index is 535. The molecule has 1 aromatic heterocycles. The van der Waals surface area contributed by atoms with Crippen molar-refractivity contribution in [3.63, 3.8) is 0 Å². The van der Waals surface area contributed by atoms with Gasteiger partial charge in [0.15, 0.2) is 5.69 Å². The summed E-state index contributed by atoms with van der Waals surface area (Å²) in [5, 5.41) is 11.9. The second-order valence-electron chi connectivity index (χ2n) is 6.81. The minimum atomic E-state index is 0.0638. The number of nitrogens with zero attached hydrogens (tertiary/aromatic N) is 4. The van der Waals surface area contributed by atoms with Crippen molar-refractivity contribution in [3.05, 3.63) is 11.4 Å². The molecule has 2 atom stereocenters. The molecular formula is C16H27N5O. The van der Waals surface area contributed by atoms with Gasteiger partial charge in [-0.2, -0.15) is 0 Å². The van der Waals surface area contributed by atoms with Crippen LogP contribution in [0.5, 0.6) is 0 Å². The number of carbonyl (C=O) groups excluding carboxylic acids is 1. The van der Waals surface area contributed by atoms with E-state index in [0.29, 0.717) is 23.7 Å². The zero-order chi connectivity index (χ0) is 15.7. The van der Waals surface area contributed by atoms with E-state index in [4.69, 9.17) is 0 Å². The minimum absolute atomic E-state index is 0.0638. The lowest BCUT2D eigenvalue weighted by Crippen LogP contribution is -2.36. The number of rotatable bonds is 3. The summed E-state index contributed by atoms with van der Waals surface area (Å²) in [5.41, 5.74) is 1.47. The Labute approximate surface area is 132 Å². The predicted molar refractivity (Wildman–Crippen MR) is 84.8 cm³/mol. The second kappa shape index (κ2) is 6.36. The third kappa shape index (κ3) is 2.76. The molecule has 6 heteroatoms. The Morgan fingerprint density at radius 1 is 1.36 bits per heavy atom. The van der Waals surface area contributed by atoms with Crippen LogP contribution in [0.2, 0.25) is 0 Å². The maximum absolute atomic E-state index is 12.9. The van der Waals surface area contributed by atoms with Crippen LogP contribution in [0.4, 0.5) is 0 Å². The highest BCUT2D eigenvalue weighted by Crippen LogP contribution is 2.27. The molecule has 0 aromatic carbocycles. The third-order valence-corrected chi connectivity index (χ3v) is 5.14. The van der Waals surface area contributed by atoms with Crippen LogP contribution in [0.25, 0.3) is 0 Å². The second-order valence-corrected chi connectivity index (χ2v) is 6.81. The average molecular weight is 305 g/mol. The number of likely N-dealkylation sites (tertiary alicyclic amines) is 1. The van der Waals surface area contributed by atoms with Crippen molar-refractivity contribution in [2.45, 2.75) is 58.5 Å². The highest BCUT2D eigenvalue weighted by molar-refractivity contribution is 5.93. The van der Waals surface area contributed by atoms with Crippen molar-refractivity contribution in [3.8, 4) is 0 Å². The molecular weight excluding hydrogens is 278 g/mol. The fourth-order valence-electron chi connectivity index (χ4n) is 3.86. The van der Waals surface area contributed by atoms with Crippen LogP contribution in [0.1, 0.15) is 61.8 Å². The molecule has 22 heavy (non-hydrogen) atoms. The van der Waals surface area contributed by atoms with Gasteiger partial charge in [-0.3, -0.25) is 4.79 Å². The standard InChI is InChI=1S/C16H27N5O/c1-4-13-9-11(2)10-20(13)16(22)15-12(3)21(19-18-15)14-5-7-17-8-6-14/h11,13-14,17H,4-10H2,1-3H3. The molecule has 122 valence electrons. The minimum Gasteiger partial charge on any atom is -0.334 e. The van der Waals surface area contributed by atoms with E-state index in [2.05, 4.69) is 29.5 Å². The first kappa shape index (κ1) is 15.5. The zero-order valence-electron chi connectivity index (χ0n) is 13.9. The van der Waals surface area contributed by atoms with Crippen molar-refractivity contribution < 1.29 is 4.79 Å². The fraction of sp³-hybridized carbons (Fsp3) is 0.812. The van der Waals surface area contributed by atoms with Gasteiger partial charge in [0.1, 0.15) is 0 Å². The van der Waals surface area contributed by atoms with Gasteiger partial charge in [-0.05, 0) is 51.6 Å². The molecule has 2 aliphatic rings. The molecule has 0 aliphatic carbocycles. The molecule has 2 saturated heterocycles. The summed E-state index contributed by atoms with van der Waals surface area (Å²) in [4.78, 5) is 14.9. The van der Waals surface area contributed by atoms with Crippen molar-refractivity contribution in [1.29, 1.82) is 0 Å². The lowest BCUT2D eigenvalue weighted by Gasteiger charge is -2.24. The van der Waals surface area contributed by atoms with E-state index in [9.17, 15) is 4.79 Å². The molecule has 1 N–H and O–H groups in total. The highest BCUT2D eigenvalue weighted by Gasteiger charge is 2.35. The van der Waals surface area contributed by atoms with Gasteiger partial charge in [0.2, 0.25) is 0 Å². The summed E-state index contributed by atoms with van der Waals surface area (Å²) in [5.74, 6) is 0.641. The SMILES string of the molecule is CCC1CC(C)CN1C(=O)c1nnn(C2CCNCC2)c1C. The van der Waals surface area contributed by atoms with Crippen LogP contribution in [-0.2, 0) is 0 Å². The van der Waals surface area contributed by atoms with Crippen molar-refractivity contribution in [2.24, 2.45) is 5.92 Å². The summed E-state index contributed by atoms with van der Waals surface area (Å²) >= 11 is 0. The Kier molecular flexibility index (Phi) is 4.47. The smallest absolute Gasteiger partial charge is 0.276 e. The Morgan fingerprint density at radius 3 is 2.77 bits per heavy atom. The Hall–Kier alpha value is -1.43. The quantitative estimate of drug-likeness (QED) is 0.924. The van der Waals surface area contributed by atoms with E-state index in [1.807, 2.05) is 16.5 Å². The third-order valence-electron chi connectivity index (χ3n) is 5.14. The largest absolute Gasteiger partial charge is 0.334 e. The monoisotopic (exact) mass is 305 g/mol. The van der Waals surface area contributed by atoms with Gasteiger partial charge in [0.25, 0.3) is 5.91 Å². The summed E-state index contributed by atoms with van der Waals surface area (Å²) in [7, 11) is 0. The van der Waals surface area contributed by atoms with Crippen molar-refractivity contribution >= 4 is 5.91 Å². The number of nitrogens with one attached hydrogen (secondary N) is 1. The van der Waals surface area contributed by atoms with Crippen LogP contribution >= 0.6 is 0 Å². The maximum atomic E-state index is 12.9. The first-order valence-corrected chi connectivity index (χ1v) is 8.55. The molecule has 0 radical (unpaired) electrons. The van der Waals surface area contributed by atoms with Gasteiger partial charge in [-0.15, -0.1) is 5.10 Å². The molecule has 6 nitrogen and oxygen atoms in total.